The molecule has 0 saturated heterocycles. The zero-order chi connectivity index (χ0) is 16.7. The van der Waals surface area contributed by atoms with Crippen LogP contribution in [0.3, 0.4) is 0 Å². The Labute approximate surface area is 134 Å². The van der Waals surface area contributed by atoms with E-state index < -0.39 is 0 Å². The smallest absolute Gasteiger partial charge is 0.272 e. The second kappa shape index (κ2) is 8.28. The molecular weight excluding hydrogens is 301 g/mol. The summed E-state index contributed by atoms with van der Waals surface area (Å²) in [5.41, 5.74) is 0.900. The lowest BCUT2D eigenvalue weighted by Gasteiger charge is -2.14. The monoisotopic (exact) mass is 321 g/mol. The Morgan fingerprint density at radius 2 is 2.26 bits per heavy atom. The van der Waals surface area contributed by atoms with Gasteiger partial charge >= 0.3 is 0 Å². The normalized spacial score (nSPS) is 12.0. The van der Waals surface area contributed by atoms with Gasteiger partial charge in [-0.1, -0.05) is 13.0 Å². The quantitative estimate of drug-likeness (QED) is 0.782. The van der Waals surface area contributed by atoms with E-state index in [1.807, 2.05) is 6.92 Å². The van der Waals surface area contributed by atoms with Crippen LogP contribution in [0.15, 0.2) is 30.3 Å². The molecule has 2 rings (SSSR count). The summed E-state index contributed by atoms with van der Waals surface area (Å²) in [5.74, 6) is -0.227. The Kier molecular flexibility index (Phi) is 6.10. The predicted octanol–water partition coefficient (Wildman–Crippen LogP) is 2.28. The van der Waals surface area contributed by atoms with Crippen molar-refractivity contribution in [1.29, 1.82) is 0 Å². The SMILES string of the molecule is CCC(COC)NC(=O)c1cc(COc2cccc(F)c2)[nH]n1. The third kappa shape index (κ3) is 5.07. The highest BCUT2D eigenvalue weighted by Crippen LogP contribution is 2.13. The molecule has 1 atom stereocenters. The van der Waals surface area contributed by atoms with Gasteiger partial charge in [-0.3, -0.25) is 9.89 Å². The molecule has 0 aliphatic heterocycles. The Morgan fingerprint density at radius 3 is 2.96 bits per heavy atom. The molecule has 1 amide bonds. The van der Waals surface area contributed by atoms with E-state index in [9.17, 15) is 9.18 Å². The highest BCUT2D eigenvalue weighted by Gasteiger charge is 2.15. The zero-order valence-electron chi connectivity index (χ0n) is 13.1. The maximum atomic E-state index is 13.1. The van der Waals surface area contributed by atoms with Crippen molar-refractivity contribution in [2.45, 2.75) is 26.0 Å². The van der Waals surface area contributed by atoms with E-state index >= 15 is 0 Å². The van der Waals surface area contributed by atoms with E-state index in [0.717, 1.165) is 6.42 Å². The first-order valence-electron chi connectivity index (χ1n) is 7.34. The van der Waals surface area contributed by atoms with E-state index in [4.69, 9.17) is 9.47 Å². The van der Waals surface area contributed by atoms with Crippen molar-refractivity contribution in [3.8, 4) is 5.75 Å². The summed E-state index contributed by atoms with van der Waals surface area (Å²) < 4.78 is 23.5. The number of amides is 1. The topological polar surface area (TPSA) is 76.2 Å². The Balaban J connectivity index is 1.90. The van der Waals surface area contributed by atoms with Crippen LogP contribution in [0.1, 0.15) is 29.5 Å². The summed E-state index contributed by atoms with van der Waals surface area (Å²) >= 11 is 0. The number of nitrogens with one attached hydrogen (secondary N) is 2. The standard InChI is InChI=1S/C16H20FN3O3/c1-3-12(9-22-2)18-16(21)15-8-13(19-20-15)10-23-14-6-4-5-11(17)7-14/h4-8,12H,3,9-10H2,1-2H3,(H,18,21)(H,19,20). The van der Waals surface area contributed by atoms with Crippen molar-refractivity contribution in [2.24, 2.45) is 0 Å². The van der Waals surface area contributed by atoms with Gasteiger partial charge in [-0.05, 0) is 24.6 Å². The zero-order valence-corrected chi connectivity index (χ0v) is 13.1. The molecule has 1 aromatic carbocycles. The van der Waals surface area contributed by atoms with Gasteiger partial charge in [-0.25, -0.2) is 4.39 Å². The van der Waals surface area contributed by atoms with Crippen LogP contribution in [0, 0.1) is 5.82 Å². The third-order valence-corrected chi connectivity index (χ3v) is 3.25. The number of carbonyl (C=O) groups is 1. The van der Waals surface area contributed by atoms with E-state index in [1.54, 1.807) is 25.3 Å². The molecule has 0 aliphatic carbocycles. The first kappa shape index (κ1) is 17.0. The Morgan fingerprint density at radius 1 is 1.43 bits per heavy atom. The summed E-state index contributed by atoms with van der Waals surface area (Å²) in [6.07, 6.45) is 0.763. The van der Waals surface area contributed by atoms with Gasteiger partial charge in [-0.2, -0.15) is 5.10 Å². The Bertz CT molecular complexity index is 645. The molecule has 2 N–H and O–H groups in total. The number of benzene rings is 1. The summed E-state index contributed by atoms with van der Waals surface area (Å²) in [4.78, 5) is 12.1. The molecule has 23 heavy (non-hydrogen) atoms. The lowest BCUT2D eigenvalue weighted by molar-refractivity contribution is 0.0889. The molecule has 0 radical (unpaired) electrons. The predicted molar refractivity (Wildman–Crippen MR) is 82.7 cm³/mol. The average molecular weight is 321 g/mol. The van der Waals surface area contributed by atoms with Gasteiger partial charge in [0.25, 0.3) is 5.91 Å². The molecule has 6 nitrogen and oxygen atoms in total. The van der Waals surface area contributed by atoms with Gasteiger partial charge in [-0.15, -0.1) is 0 Å². The average Bonchev–Trinajstić information content (AvgIpc) is 3.01. The number of aromatic nitrogens is 2. The van der Waals surface area contributed by atoms with E-state index in [0.29, 0.717) is 18.1 Å². The molecule has 1 aromatic heterocycles. The molecule has 0 saturated carbocycles. The molecule has 1 heterocycles. The van der Waals surface area contributed by atoms with Crippen LogP contribution < -0.4 is 10.1 Å². The minimum Gasteiger partial charge on any atom is -0.487 e. The largest absolute Gasteiger partial charge is 0.487 e. The number of hydrogen-bond acceptors (Lipinski definition) is 4. The fraction of sp³-hybridized carbons (Fsp3) is 0.375. The van der Waals surface area contributed by atoms with Crippen LogP contribution in [-0.4, -0.2) is 35.9 Å². The maximum absolute atomic E-state index is 13.1. The van der Waals surface area contributed by atoms with Crippen LogP contribution in [0.25, 0.3) is 0 Å². The van der Waals surface area contributed by atoms with E-state index in [1.165, 1.54) is 12.1 Å². The molecule has 0 spiro atoms. The van der Waals surface area contributed by atoms with Crippen molar-refractivity contribution in [2.75, 3.05) is 13.7 Å². The summed E-state index contributed by atoms with van der Waals surface area (Å²) in [7, 11) is 1.59. The number of halogens is 1. The number of carbonyl (C=O) groups excluding carboxylic acids is 1. The highest BCUT2D eigenvalue weighted by atomic mass is 19.1. The lowest BCUT2D eigenvalue weighted by Crippen LogP contribution is -2.37. The summed E-state index contributed by atoms with van der Waals surface area (Å²) in [6, 6.07) is 7.40. The molecular formula is C16H20FN3O3. The molecule has 0 fully saturated rings. The van der Waals surface area contributed by atoms with Crippen LogP contribution in [0.5, 0.6) is 5.75 Å². The number of H-pyrrole nitrogens is 1. The van der Waals surface area contributed by atoms with Crippen molar-refractivity contribution < 1.29 is 18.7 Å². The number of ether oxygens (including phenoxy) is 2. The van der Waals surface area contributed by atoms with Gasteiger partial charge < -0.3 is 14.8 Å². The molecule has 124 valence electrons. The Hall–Kier alpha value is -2.41. The molecule has 2 aromatic rings. The van der Waals surface area contributed by atoms with Crippen molar-refractivity contribution in [3.05, 3.63) is 47.5 Å². The van der Waals surface area contributed by atoms with Gasteiger partial charge in [0.05, 0.1) is 18.3 Å². The van der Waals surface area contributed by atoms with Gasteiger partial charge in [0.1, 0.15) is 23.9 Å². The van der Waals surface area contributed by atoms with Crippen LogP contribution in [0.2, 0.25) is 0 Å². The van der Waals surface area contributed by atoms with Crippen molar-refractivity contribution >= 4 is 5.91 Å². The number of aromatic amines is 1. The third-order valence-electron chi connectivity index (χ3n) is 3.25. The van der Waals surface area contributed by atoms with Crippen LogP contribution in [0.4, 0.5) is 4.39 Å². The number of hydrogen-bond donors (Lipinski definition) is 2. The fourth-order valence-corrected chi connectivity index (χ4v) is 1.99. The van der Waals surface area contributed by atoms with Crippen LogP contribution in [-0.2, 0) is 11.3 Å². The molecule has 7 heteroatoms. The molecule has 0 aliphatic rings. The van der Waals surface area contributed by atoms with Gasteiger partial charge in [0, 0.05) is 13.2 Å². The van der Waals surface area contributed by atoms with Crippen LogP contribution >= 0.6 is 0 Å². The maximum Gasteiger partial charge on any atom is 0.272 e. The van der Waals surface area contributed by atoms with E-state index in [-0.39, 0.29) is 30.1 Å². The summed E-state index contributed by atoms with van der Waals surface area (Å²) in [5, 5.41) is 9.54. The van der Waals surface area contributed by atoms with E-state index in [2.05, 4.69) is 15.5 Å². The van der Waals surface area contributed by atoms with Gasteiger partial charge in [0.2, 0.25) is 0 Å². The number of rotatable bonds is 8. The van der Waals surface area contributed by atoms with Crippen molar-refractivity contribution in [1.82, 2.24) is 15.5 Å². The summed E-state index contributed by atoms with van der Waals surface area (Å²) in [6.45, 7) is 2.58. The molecule has 1 unspecified atom stereocenters. The highest BCUT2D eigenvalue weighted by molar-refractivity contribution is 5.92. The number of methoxy groups -OCH3 is 1. The van der Waals surface area contributed by atoms with Crippen molar-refractivity contribution in [3.63, 3.8) is 0 Å². The fourth-order valence-electron chi connectivity index (χ4n) is 1.99. The second-order valence-electron chi connectivity index (χ2n) is 5.06. The molecule has 0 bridgehead atoms. The first-order chi connectivity index (χ1) is 11.1. The number of nitrogens with zero attached hydrogens (tertiary/aromatic N) is 1. The minimum absolute atomic E-state index is 0.0591. The second-order valence-corrected chi connectivity index (χ2v) is 5.06. The first-order valence-corrected chi connectivity index (χ1v) is 7.34. The minimum atomic E-state index is -0.365. The van der Waals surface area contributed by atoms with Gasteiger partial charge in [0.15, 0.2) is 0 Å². The lowest BCUT2D eigenvalue weighted by atomic mass is 10.2.